The summed E-state index contributed by atoms with van der Waals surface area (Å²) in [6.07, 6.45) is 5.00. The molecule has 1 aliphatic carbocycles. The third kappa shape index (κ3) is 5.68. The van der Waals surface area contributed by atoms with E-state index in [0.717, 1.165) is 25.7 Å². The molecule has 0 aromatic rings. The second-order valence-corrected chi connectivity index (χ2v) is 4.79. The Hall–Kier alpha value is -1.10. The third-order valence-electron chi connectivity index (χ3n) is 3.12. The number of rotatable bonds is 5. The van der Waals surface area contributed by atoms with E-state index in [-0.39, 0.29) is 18.2 Å². The summed E-state index contributed by atoms with van der Waals surface area (Å²) < 4.78 is 0. The van der Waals surface area contributed by atoms with E-state index in [4.69, 9.17) is 0 Å². The van der Waals surface area contributed by atoms with Crippen LogP contribution < -0.4 is 10.6 Å². The molecule has 0 aromatic carbocycles. The van der Waals surface area contributed by atoms with Crippen molar-refractivity contribution in [2.75, 3.05) is 13.1 Å². The van der Waals surface area contributed by atoms with Gasteiger partial charge in [-0.05, 0) is 12.8 Å². The minimum absolute atomic E-state index is 0.127. The first-order chi connectivity index (χ1) is 8.02. The van der Waals surface area contributed by atoms with Gasteiger partial charge in [0.1, 0.15) is 0 Å². The zero-order chi connectivity index (χ0) is 12.7. The molecule has 1 rings (SSSR count). The maximum Gasteiger partial charge on any atom is 0.221 e. The smallest absolute Gasteiger partial charge is 0.221 e. The van der Waals surface area contributed by atoms with Crippen LogP contribution in [0.25, 0.3) is 0 Å². The Morgan fingerprint density at radius 3 is 2.41 bits per heavy atom. The number of carbonyl (C=O) groups excluding carboxylic acids is 2. The number of carbonyl (C=O) groups is 2. The Morgan fingerprint density at radius 2 is 1.82 bits per heavy atom. The lowest BCUT2D eigenvalue weighted by atomic mass is 9.85. The average molecular weight is 242 g/mol. The van der Waals surface area contributed by atoms with Gasteiger partial charge in [0.05, 0.1) is 5.60 Å². The topological polar surface area (TPSA) is 78.4 Å². The molecule has 17 heavy (non-hydrogen) atoms. The van der Waals surface area contributed by atoms with Gasteiger partial charge in [-0.25, -0.2) is 0 Å². The molecule has 0 aromatic heterocycles. The minimum atomic E-state index is -0.720. The van der Waals surface area contributed by atoms with Gasteiger partial charge in [-0.3, -0.25) is 9.59 Å². The van der Waals surface area contributed by atoms with Gasteiger partial charge in [0.15, 0.2) is 0 Å². The first-order valence-corrected chi connectivity index (χ1v) is 6.25. The molecule has 0 aliphatic heterocycles. The zero-order valence-electron chi connectivity index (χ0n) is 10.4. The van der Waals surface area contributed by atoms with Crippen molar-refractivity contribution < 1.29 is 14.7 Å². The minimum Gasteiger partial charge on any atom is -0.388 e. The van der Waals surface area contributed by atoms with Crippen LogP contribution in [0.2, 0.25) is 0 Å². The maximum atomic E-state index is 11.4. The number of amides is 2. The molecule has 3 N–H and O–H groups in total. The molecule has 0 saturated heterocycles. The van der Waals surface area contributed by atoms with Gasteiger partial charge in [0.2, 0.25) is 11.8 Å². The van der Waals surface area contributed by atoms with E-state index < -0.39 is 5.60 Å². The van der Waals surface area contributed by atoms with Crippen molar-refractivity contribution in [1.82, 2.24) is 10.6 Å². The molecule has 0 spiro atoms. The van der Waals surface area contributed by atoms with Gasteiger partial charge in [0, 0.05) is 26.4 Å². The van der Waals surface area contributed by atoms with Gasteiger partial charge in [0.25, 0.3) is 0 Å². The Balaban J connectivity index is 2.16. The Bertz CT molecular complexity index is 273. The number of hydrogen-bond donors (Lipinski definition) is 3. The van der Waals surface area contributed by atoms with Gasteiger partial charge in [-0.1, -0.05) is 19.3 Å². The van der Waals surface area contributed by atoms with E-state index in [1.807, 2.05) is 0 Å². The first-order valence-electron chi connectivity index (χ1n) is 6.25. The van der Waals surface area contributed by atoms with Crippen molar-refractivity contribution in [3.8, 4) is 0 Å². The molecule has 0 bridgehead atoms. The highest BCUT2D eigenvalue weighted by Crippen LogP contribution is 2.27. The maximum absolute atomic E-state index is 11.4. The molecule has 0 atom stereocenters. The Morgan fingerprint density at radius 1 is 1.18 bits per heavy atom. The molecule has 0 heterocycles. The number of aliphatic hydroxyl groups is 1. The van der Waals surface area contributed by atoms with Crippen LogP contribution in [-0.4, -0.2) is 35.6 Å². The predicted octanol–water partition coefficient (Wildman–Crippen LogP) is 0.324. The fraction of sp³-hybridized carbons (Fsp3) is 0.833. The standard InChI is InChI=1S/C12H22N2O3/c1-10(15)13-8-5-11(16)14-9-12(17)6-3-2-4-7-12/h17H,2-9H2,1H3,(H,13,15)(H,14,16). The number of hydrogen-bond acceptors (Lipinski definition) is 3. The van der Waals surface area contributed by atoms with Crippen LogP contribution in [0.3, 0.4) is 0 Å². The molecular formula is C12H22N2O3. The SMILES string of the molecule is CC(=O)NCCC(=O)NCC1(O)CCCCC1. The molecule has 1 fully saturated rings. The van der Waals surface area contributed by atoms with Gasteiger partial charge in [-0.15, -0.1) is 0 Å². The second-order valence-electron chi connectivity index (χ2n) is 4.79. The molecule has 2 amide bonds. The lowest BCUT2D eigenvalue weighted by Gasteiger charge is -2.32. The summed E-state index contributed by atoms with van der Waals surface area (Å²) in [5.74, 6) is -0.263. The van der Waals surface area contributed by atoms with Crippen molar-refractivity contribution in [2.45, 2.75) is 51.0 Å². The highest BCUT2D eigenvalue weighted by Gasteiger charge is 2.29. The average Bonchev–Trinajstić information content (AvgIpc) is 2.27. The number of nitrogens with one attached hydrogen (secondary N) is 2. The van der Waals surface area contributed by atoms with E-state index in [1.165, 1.54) is 13.3 Å². The van der Waals surface area contributed by atoms with E-state index in [1.54, 1.807) is 0 Å². The Kier molecular flexibility index (Phi) is 5.41. The molecular weight excluding hydrogens is 220 g/mol. The van der Waals surface area contributed by atoms with Crippen LogP contribution in [0.5, 0.6) is 0 Å². The summed E-state index contributed by atoms with van der Waals surface area (Å²) in [5, 5.41) is 15.4. The van der Waals surface area contributed by atoms with E-state index >= 15 is 0 Å². The summed E-state index contributed by atoms with van der Waals surface area (Å²) in [6.45, 7) is 2.09. The highest BCUT2D eigenvalue weighted by atomic mass is 16.3. The Labute approximate surface area is 102 Å². The van der Waals surface area contributed by atoms with Crippen LogP contribution in [0.4, 0.5) is 0 Å². The van der Waals surface area contributed by atoms with Gasteiger partial charge in [-0.2, -0.15) is 0 Å². The lowest BCUT2D eigenvalue weighted by Crippen LogP contribution is -2.44. The van der Waals surface area contributed by atoms with Crippen LogP contribution in [-0.2, 0) is 9.59 Å². The van der Waals surface area contributed by atoms with Gasteiger partial charge >= 0.3 is 0 Å². The predicted molar refractivity (Wildman–Crippen MR) is 64.3 cm³/mol. The fourth-order valence-corrected chi connectivity index (χ4v) is 2.09. The quantitative estimate of drug-likeness (QED) is 0.650. The van der Waals surface area contributed by atoms with Gasteiger partial charge < -0.3 is 15.7 Å². The van der Waals surface area contributed by atoms with E-state index in [0.29, 0.717) is 13.1 Å². The summed E-state index contributed by atoms with van der Waals surface area (Å²) in [5.41, 5.74) is -0.720. The summed E-state index contributed by atoms with van der Waals surface area (Å²) in [4.78, 5) is 22.0. The summed E-state index contributed by atoms with van der Waals surface area (Å²) in [7, 11) is 0. The van der Waals surface area contributed by atoms with E-state index in [2.05, 4.69) is 10.6 Å². The third-order valence-corrected chi connectivity index (χ3v) is 3.12. The fourth-order valence-electron chi connectivity index (χ4n) is 2.09. The molecule has 0 radical (unpaired) electrons. The van der Waals surface area contributed by atoms with Crippen molar-refractivity contribution in [3.05, 3.63) is 0 Å². The lowest BCUT2D eigenvalue weighted by molar-refractivity contribution is -0.123. The van der Waals surface area contributed by atoms with Crippen LogP contribution in [0.15, 0.2) is 0 Å². The van der Waals surface area contributed by atoms with Crippen LogP contribution >= 0.6 is 0 Å². The molecule has 0 unspecified atom stereocenters. The molecule has 1 saturated carbocycles. The largest absolute Gasteiger partial charge is 0.388 e. The normalized spacial score (nSPS) is 18.5. The zero-order valence-corrected chi connectivity index (χ0v) is 10.4. The summed E-state index contributed by atoms with van der Waals surface area (Å²) >= 11 is 0. The summed E-state index contributed by atoms with van der Waals surface area (Å²) in [6, 6.07) is 0. The van der Waals surface area contributed by atoms with Crippen LogP contribution in [0, 0.1) is 0 Å². The van der Waals surface area contributed by atoms with Crippen molar-refractivity contribution in [1.29, 1.82) is 0 Å². The van der Waals surface area contributed by atoms with E-state index in [9.17, 15) is 14.7 Å². The highest BCUT2D eigenvalue weighted by molar-refractivity contribution is 5.77. The second kappa shape index (κ2) is 6.59. The van der Waals surface area contributed by atoms with Crippen LogP contribution in [0.1, 0.15) is 45.4 Å². The first kappa shape index (κ1) is 14.0. The molecule has 5 nitrogen and oxygen atoms in total. The molecule has 1 aliphatic rings. The van der Waals surface area contributed by atoms with Crippen molar-refractivity contribution in [2.24, 2.45) is 0 Å². The van der Waals surface area contributed by atoms with Crippen molar-refractivity contribution >= 4 is 11.8 Å². The molecule has 98 valence electrons. The molecule has 5 heteroatoms. The van der Waals surface area contributed by atoms with Crippen molar-refractivity contribution in [3.63, 3.8) is 0 Å². The monoisotopic (exact) mass is 242 g/mol.